The largest absolute Gasteiger partial charge is 0.480 e. The third kappa shape index (κ3) is 3.41. The van der Waals surface area contributed by atoms with Crippen molar-refractivity contribution in [2.45, 2.75) is 12.5 Å². The van der Waals surface area contributed by atoms with Gasteiger partial charge in [-0.1, -0.05) is 24.3 Å². The normalized spacial score (nSPS) is 12.2. The lowest BCUT2D eigenvalue weighted by Crippen LogP contribution is -2.32. The van der Waals surface area contributed by atoms with Gasteiger partial charge in [0.15, 0.2) is 17.5 Å². The van der Waals surface area contributed by atoms with Gasteiger partial charge in [-0.25, -0.2) is 13.2 Å². The summed E-state index contributed by atoms with van der Waals surface area (Å²) >= 11 is 0. The van der Waals surface area contributed by atoms with E-state index >= 15 is 0 Å². The van der Waals surface area contributed by atoms with Crippen molar-refractivity contribution >= 4 is 5.97 Å². The van der Waals surface area contributed by atoms with Crippen molar-refractivity contribution in [1.82, 2.24) is 0 Å². The number of aliphatic carboxylic acids is 1. The highest BCUT2D eigenvalue weighted by Crippen LogP contribution is 2.24. The van der Waals surface area contributed by atoms with Gasteiger partial charge in [0.05, 0.1) is 0 Å². The molecule has 0 aliphatic carbocycles. The molecule has 0 aliphatic rings. The second-order valence-electron chi connectivity index (χ2n) is 4.60. The molecule has 0 fully saturated rings. The second kappa shape index (κ2) is 5.97. The van der Waals surface area contributed by atoms with E-state index in [1.54, 1.807) is 24.3 Å². The predicted octanol–water partition coefficient (Wildman–Crippen LogP) is 2.73. The van der Waals surface area contributed by atoms with Crippen LogP contribution < -0.4 is 5.73 Å². The number of halogens is 3. The fourth-order valence-electron chi connectivity index (χ4n) is 1.90. The maximum Gasteiger partial charge on any atom is 0.320 e. The minimum atomic E-state index is -1.51. The minimum absolute atomic E-state index is 0.141. The summed E-state index contributed by atoms with van der Waals surface area (Å²) in [6.07, 6.45) is 0.141. The molecule has 21 heavy (non-hydrogen) atoms. The lowest BCUT2D eigenvalue weighted by molar-refractivity contribution is -0.138. The van der Waals surface area contributed by atoms with Crippen LogP contribution in [0.1, 0.15) is 5.56 Å². The highest BCUT2D eigenvalue weighted by molar-refractivity contribution is 5.73. The molecule has 3 N–H and O–H groups in total. The van der Waals surface area contributed by atoms with E-state index < -0.39 is 29.5 Å². The number of carboxylic acid groups (broad SMARTS) is 1. The molecule has 0 saturated heterocycles. The molecule has 2 aromatic carbocycles. The first-order valence-corrected chi connectivity index (χ1v) is 6.10. The van der Waals surface area contributed by atoms with E-state index in [9.17, 15) is 18.0 Å². The molecule has 0 aliphatic heterocycles. The summed E-state index contributed by atoms with van der Waals surface area (Å²) in [6.45, 7) is 0. The van der Waals surface area contributed by atoms with Crippen LogP contribution in [0.25, 0.3) is 11.1 Å². The summed E-state index contributed by atoms with van der Waals surface area (Å²) in [4.78, 5) is 10.7. The first-order chi connectivity index (χ1) is 9.88. The van der Waals surface area contributed by atoms with Crippen LogP contribution in [0.3, 0.4) is 0 Å². The maximum absolute atomic E-state index is 13.2. The molecule has 0 bridgehead atoms. The van der Waals surface area contributed by atoms with E-state index in [2.05, 4.69) is 0 Å². The van der Waals surface area contributed by atoms with Gasteiger partial charge >= 0.3 is 5.97 Å². The van der Waals surface area contributed by atoms with Crippen LogP contribution in [0, 0.1) is 17.5 Å². The van der Waals surface area contributed by atoms with Crippen molar-refractivity contribution < 1.29 is 23.1 Å². The number of hydrogen-bond donors (Lipinski definition) is 2. The molecule has 3 nitrogen and oxygen atoms in total. The first kappa shape index (κ1) is 15.1. The Kier molecular flexibility index (Phi) is 4.28. The zero-order valence-corrected chi connectivity index (χ0v) is 10.8. The van der Waals surface area contributed by atoms with Gasteiger partial charge in [0, 0.05) is 0 Å². The smallest absolute Gasteiger partial charge is 0.320 e. The number of benzene rings is 2. The third-order valence-electron chi connectivity index (χ3n) is 3.04. The average molecular weight is 295 g/mol. The van der Waals surface area contributed by atoms with Crippen LogP contribution in [0.15, 0.2) is 36.4 Å². The molecule has 0 unspecified atom stereocenters. The Hall–Kier alpha value is -2.34. The Labute approximate surface area is 118 Å². The van der Waals surface area contributed by atoms with Gasteiger partial charge in [0.25, 0.3) is 0 Å². The molecule has 0 spiro atoms. The Morgan fingerprint density at radius 3 is 2.05 bits per heavy atom. The van der Waals surface area contributed by atoms with Gasteiger partial charge in [-0.2, -0.15) is 0 Å². The summed E-state index contributed by atoms with van der Waals surface area (Å²) in [5.41, 5.74) is 6.77. The van der Waals surface area contributed by atoms with Crippen LogP contribution in [0.5, 0.6) is 0 Å². The Bertz CT molecular complexity index is 648. The molecule has 2 aromatic rings. The highest BCUT2D eigenvalue weighted by Gasteiger charge is 2.13. The lowest BCUT2D eigenvalue weighted by Gasteiger charge is -2.08. The van der Waals surface area contributed by atoms with Gasteiger partial charge in [-0.05, 0) is 35.2 Å². The van der Waals surface area contributed by atoms with E-state index in [-0.39, 0.29) is 12.0 Å². The molecule has 2 rings (SSSR count). The fraction of sp³-hybridized carbons (Fsp3) is 0.133. The van der Waals surface area contributed by atoms with E-state index in [0.717, 1.165) is 12.1 Å². The van der Waals surface area contributed by atoms with Crippen LogP contribution in [0.4, 0.5) is 13.2 Å². The number of carbonyl (C=O) groups is 1. The molecule has 110 valence electrons. The molecule has 0 aromatic heterocycles. The van der Waals surface area contributed by atoms with Gasteiger partial charge in [-0.15, -0.1) is 0 Å². The third-order valence-corrected chi connectivity index (χ3v) is 3.04. The number of nitrogens with two attached hydrogens (primary N) is 1. The molecular weight excluding hydrogens is 283 g/mol. The Balaban J connectivity index is 2.25. The molecule has 6 heteroatoms. The van der Waals surface area contributed by atoms with Crippen molar-refractivity contribution in [2.24, 2.45) is 5.73 Å². The molecule has 1 atom stereocenters. The van der Waals surface area contributed by atoms with Gasteiger partial charge in [0.2, 0.25) is 0 Å². The Morgan fingerprint density at radius 2 is 1.57 bits per heavy atom. The SMILES string of the molecule is N[C@H](Cc1ccc(-c2cc(F)c(F)c(F)c2)cc1)C(=O)O. The quantitative estimate of drug-likeness (QED) is 0.852. The van der Waals surface area contributed by atoms with Crippen molar-refractivity contribution in [3.05, 3.63) is 59.4 Å². The second-order valence-corrected chi connectivity index (χ2v) is 4.60. The van der Waals surface area contributed by atoms with Gasteiger partial charge < -0.3 is 10.8 Å². The van der Waals surface area contributed by atoms with Crippen LogP contribution >= 0.6 is 0 Å². The fourth-order valence-corrected chi connectivity index (χ4v) is 1.90. The summed E-state index contributed by atoms with van der Waals surface area (Å²) in [6, 6.07) is 7.13. The van der Waals surface area contributed by atoms with E-state index in [0.29, 0.717) is 11.1 Å². The summed E-state index contributed by atoms with van der Waals surface area (Å²) in [5, 5.41) is 8.72. The van der Waals surface area contributed by atoms with Gasteiger partial charge in [0.1, 0.15) is 6.04 Å². The zero-order valence-electron chi connectivity index (χ0n) is 10.8. The average Bonchev–Trinajstić information content (AvgIpc) is 2.45. The van der Waals surface area contributed by atoms with Crippen molar-refractivity contribution in [3.8, 4) is 11.1 Å². The molecular formula is C15H12F3NO2. The number of carboxylic acids is 1. The standard InChI is InChI=1S/C15H12F3NO2/c16-11-6-10(7-12(17)14(11)18)9-3-1-8(2-4-9)5-13(19)15(20)21/h1-4,6-7,13H,5,19H2,(H,20,21)/t13-/m1/s1. The monoisotopic (exact) mass is 295 g/mol. The predicted molar refractivity (Wildman–Crippen MR) is 71.1 cm³/mol. The maximum atomic E-state index is 13.2. The topological polar surface area (TPSA) is 63.3 Å². The molecule has 0 heterocycles. The highest BCUT2D eigenvalue weighted by atomic mass is 19.2. The zero-order chi connectivity index (χ0) is 15.6. The lowest BCUT2D eigenvalue weighted by atomic mass is 10.0. The van der Waals surface area contributed by atoms with E-state index in [1.165, 1.54) is 0 Å². The van der Waals surface area contributed by atoms with Crippen LogP contribution in [0.2, 0.25) is 0 Å². The van der Waals surface area contributed by atoms with E-state index in [1.807, 2.05) is 0 Å². The number of hydrogen-bond acceptors (Lipinski definition) is 2. The van der Waals surface area contributed by atoms with Crippen LogP contribution in [-0.4, -0.2) is 17.1 Å². The van der Waals surface area contributed by atoms with Crippen molar-refractivity contribution in [3.63, 3.8) is 0 Å². The number of rotatable bonds is 4. The molecule has 0 amide bonds. The van der Waals surface area contributed by atoms with Crippen LogP contribution in [-0.2, 0) is 11.2 Å². The molecule has 0 saturated carbocycles. The first-order valence-electron chi connectivity index (χ1n) is 6.10. The molecule has 0 radical (unpaired) electrons. The summed E-state index contributed by atoms with van der Waals surface area (Å²) < 4.78 is 39.2. The van der Waals surface area contributed by atoms with Crippen molar-refractivity contribution in [2.75, 3.05) is 0 Å². The summed E-state index contributed by atoms with van der Waals surface area (Å²) in [7, 11) is 0. The minimum Gasteiger partial charge on any atom is -0.480 e. The summed E-state index contributed by atoms with van der Waals surface area (Å²) in [5.74, 6) is -5.14. The Morgan fingerprint density at radius 1 is 1.05 bits per heavy atom. The van der Waals surface area contributed by atoms with Gasteiger partial charge in [-0.3, -0.25) is 4.79 Å². The van der Waals surface area contributed by atoms with Crippen molar-refractivity contribution in [1.29, 1.82) is 0 Å². The van der Waals surface area contributed by atoms with E-state index in [4.69, 9.17) is 10.8 Å².